The fraction of sp³-hybridized carbons (Fsp3) is 0.105. The zero-order chi connectivity index (χ0) is 18.3. The van der Waals surface area contributed by atoms with Gasteiger partial charge in [0.25, 0.3) is 5.91 Å². The second-order valence-corrected chi connectivity index (χ2v) is 5.68. The standard InChI is InChI=1S/C19H14FNO4/c1-10(22)13-5-8-16-15(9-13)17(19(25)21(16)11(2)23)18(24)12-3-6-14(20)7-4-12/h3-9,24H,1-2H3. The van der Waals surface area contributed by atoms with Crippen molar-refractivity contribution in [3.05, 3.63) is 65.0 Å². The summed E-state index contributed by atoms with van der Waals surface area (Å²) in [6, 6.07) is 9.44. The van der Waals surface area contributed by atoms with E-state index in [4.69, 9.17) is 0 Å². The number of benzene rings is 2. The van der Waals surface area contributed by atoms with Crippen LogP contribution in [0.3, 0.4) is 0 Å². The van der Waals surface area contributed by atoms with Gasteiger partial charge in [-0.3, -0.25) is 14.4 Å². The third kappa shape index (κ3) is 2.71. The van der Waals surface area contributed by atoms with Crippen LogP contribution in [-0.2, 0) is 9.59 Å². The van der Waals surface area contributed by atoms with Gasteiger partial charge < -0.3 is 5.11 Å². The first kappa shape index (κ1) is 16.6. The van der Waals surface area contributed by atoms with E-state index in [0.29, 0.717) is 11.3 Å². The van der Waals surface area contributed by atoms with Gasteiger partial charge in [0.1, 0.15) is 11.6 Å². The number of nitrogens with zero attached hydrogens (tertiary/aromatic N) is 1. The minimum absolute atomic E-state index is 0.0973. The van der Waals surface area contributed by atoms with E-state index in [2.05, 4.69) is 0 Å². The number of hydrogen-bond acceptors (Lipinski definition) is 4. The summed E-state index contributed by atoms with van der Waals surface area (Å²) in [7, 11) is 0. The molecule has 1 aliphatic rings. The summed E-state index contributed by atoms with van der Waals surface area (Å²) in [5.41, 5.74) is 1.07. The summed E-state index contributed by atoms with van der Waals surface area (Å²) >= 11 is 0. The van der Waals surface area contributed by atoms with Gasteiger partial charge in [0, 0.05) is 23.6 Å². The maximum absolute atomic E-state index is 13.1. The summed E-state index contributed by atoms with van der Waals surface area (Å²) in [6.07, 6.45) is 0. The van der Waals surface area contributed by atoms with E-state index in [9.17, 15) is 23.9 Å². The van der Waals surface area contributed by atoms with Crippen LogP contribution in [-0.4, -0.2) is 22.7 Å². The monoisotopic (exact) mass is 339 g/mol. The third-order valence-electron chi connectivity index (χ3n) is 4.00. The van der Waals surface area contributed by atoms with Crippen LogP contribution in [0, 0.1) is 5.82 Å². The predicted molar refractivity (Wildman–Crippen MR) is 90.5 cm³/mol. The fourth-order valence-electron chi connectivity index (χ4n) is 2.78. The molecule has 0 radical (unpaired) electrons. The summed E-state index contributed by atoms with van der Waals surface area (Å²) in [5.74, 6) is -2.27. The number of carbonyl (C=O) groups excluding carboxylic acids is 3. The summed E-state index contributed by atoms with van der Waals surface area (Å²) in [5, 5.41) is 10.6. The average Bonchev–Trinajstić information content (AvgIpc) is 2.85. The van der Waals surface area contributed by atoms with Crippen molar-refractivity contribution in [1.82, 2.24) is 0 Å². The topological polar surface area (TPSA) is 74.7 Å². The Labute approximate surface area is 143 Å². The molecule has 0 unspecified atom stereocenters. The van der Waals surface area contributed by atoms with Crippen LogP contribution in [0.5, 0.6) is 0 Å². The average molecular weight is 339 g/mol. The highest BCUT2D eigenvalue weighted by Gasteiger charge is 2.38. The van der Waals surface area contributed by atoms with Crippen LogP contribution in [0.15, 0.2) is 42.5 Å². The van der Waals surface area contributed by atoms with Gasteiger partial charge in [-0.05, 0) is 49.4 Å². The van der Waals surface area contributed by atoms with Gasteiger partial charge in [-0.1, -0.05) is 0 Å². The van der Waals surface area contributed by atoms with E-state index in [-0.39, 0.29) is 28.2 Å². The first-order valence-electron chi connectivity index (χ1n) is 7.51. The number of aliphatic hydroxyl groups is 1. The number of amides is 2. The number of fused-ring (bicyclic) bond motifs is 1. The van der Waals surface area contributed by atoms with E-state index in [1.807, 2.05) is 0 Å². The molecule has 0 saturated heterocycles. The Morgan fingerprint density at radius 1 is 1.00 bits per heavy atom. The van der Waals surface area contributed by atoms with Crippen LogP contribution in [0.25, 0.3) is 11.3 Å². The Balaban J connectivity index is 2.27. The zero-order valence-corrected chi connectivity index (χ0v) is 13.5. The lowest BCUT2D eigenvalue weighted by molar-refractivity contribution is -0.122. The molecule has 0 saturated carbocycles. The Morgan fingerprint density at radius 3 is 2.16 bits per heavy atom. The molecule has 2 aromatic carbocycles. The highest BCUT2D eigenvalue weighted by Crippen LogP contribution is 2.40. The molecule has 1 heterocycles. The molecule has 1 N–H and O–H groups in total. The van der Waals surface area contributed by atoms with Gasteiger partial charge in [-0.2, -0.15) is 0 Å². The second-order valence-electron chi connectivity index (χ2n) is 5.68. The number of halogens is 1. The molecule has 0 fully saturated rings. The van der Waals surface area contributed by atoms with Crippen molar-refractivity contribution in [2.45, 2.75) is 13.8 Å². The van der Waals surface area contributed by atoms with Gasteiger partial charge in [0.2, 0.25) is 5.91 Å². The van der Waals surface area contributed by atoms with Gasteiger partial charge in [-0.15, -0.1) is 0 Å². The van der Waals surface area contributed by atoms with E-state index < -0.39 is 17.6 Å². The molecule has 1 aliphatic heterocycles. The molecule has 2 aromatic rings. The second kappa shape index (κ2) is 5.98. The van der Waals surface area contributed by atoms with Gasteiger partial charge in [0.15, 0.2) is 5.78 Å². The molecule has 5 nitrogen and oxygen atoms in total. The van der Waals surface area contributed by atoms with E-state index >= 15 is 0 Å². The van der Waals surface area contributed by atoms with Crippen LogP contribution < -0.4 is 4.90 Å². The molecule has 0 spiro atoms. The van der Waals surface area contributed by atoms with Gasteiger partial charge >= 0.3 is 0 Å². The minimum Gasteiger partial charge on any atom is -0.506 e. The lowest BCUT2D eigenvalue weighted by Gasteiger charge is -2.12. The predicted octanol–water partition coefficient (Wildman–Crippen LogP) is 3.35. The number of rotatable bonds is 2. The van der Waals surface area contributed by atoms with Crippen LogP contribution in [0.2, 0.25) is 0 Å². The largest absolute Gasteiger partial charge is 0.506 e. The number of aliphatic hydroxyl groups excluding tert-OH is 1. The van der Waals surface area contributed by atoms with Crippen molar-refractivity contribution >= 4 is 34.6 Å². The molecule has 2 amide bonds. The first-order valence-corrected chi connectivity index (χ1v) is 7.51. The van der Waals surface area contributed by atoms with Crippen molar-refractivity contribution in [2.24, 2.45) is 0 Å². The van der Waals surface area contributed by atoms with Crippen LogP contribution in [0.4, 0.5) is 10.1 Å². The smallest absolute Gasteiger partial charge is 0.269 e. The molecule has 0 bridgehead atoms. The molecule has 6 heteroatoms. The fourth-order valence-corrected chi connectivity index (χ4v) is 2.78. The molecule has 0 aromatic heterocycles. The van der Waals surface area contributed by atoms with Crippen molar-refractivity contribution < 1.29 is 23.9 Å². The number of Topliss-reactive ketones (excluding diaryl/α,β-unsaturated/α-hetero) is 1. The van der Waals surface area contributed by atoms with Crippen LogP contribution in [0.1, 0.15) is 35.3 Å². The number of hydrogen-bond donors (Lipinski definition) is 1. The van der Waals surface area contributed by atoms with Gasteiger partial charge in [-0.25, -0.2) is 9.29 Å². The quantitative estimate of drug-likeness (QED) is 0.517. The minimum atomic E-state index is -0.690. The number of imide groups is 1. The maximum Gasteiger partial charge on any atom is 0.269 e. The highest BCUT2D eigenvalue weighted by atomic mass is 19.1. The Kier molecular flexibility index (Phi) is 3.96. The molecular formula is C19H14FNO4. The summed E-state index contributed by atoms with van der Waals surface area (Å²) < 4.78 is 13.1. The van der Waals surface area contributed by atoms with Crippen LogP contribution >= 0.6 is 0 Å². The molecule has 0 atom stereocenters. The van der Waals surface area contributed by atoms with Gasteiger partial charge in [0.05, 0.1) is 11.3 Å². The molecule has 0 aliphatic carbocycles. The number of carbonyl (C=O) groups is 3. The Hall–Kier alpha value is -3.28. The number of ketones is 1. The molecular weight excluding hydrogens is 325 g/mol. The highest BCUT2D eigenvalue weighted by molar-refractivity contribution is 6.42. The zero-order valence-electron chi connectivity index (χ0n) is 13.5. The normalized spacial score (nSPS) is 15.2. The molecule has 25 heavy (non-hydrogen) atoms. The van der Waals surface area contributed by atoms with Crippen molar-refractivity contribution in [2.75, 3.05) is 4.90 Å². The first-order chi connectivity index (χ1) is 11.8. The van der Waals surface area contributed by atoms with Crippen molar-refractivity contribution in [3.8, 4) is 0 Å². The Morgan fingerprint density at radius 2 is 1.60 bits per heavy atom. The van der Waals surface area contributed by atoms with E-state index in [1.54, 1.807) is 0 Å². The van der Waals surface area contributed by atoms with Crippen molar-refractivity contribution in [3.63, 3.8) is 0 Å². The molecule has 126 valence electrons. The SMILES string of the molecule is CC(=O)c1ccc2c(c1)C(=C(O)c1ccc(F)cc1)C(=O)N2C(C)=O. The van der Waals surface area contributed by atoms with E-state index in [1.165, 1.54) is 44.2 Å². The lowest BCUT2D eigenvalue weighted by Crippen LogP contribution is -2.31. The summed E-state index contributed by atoms with van der Waals surface area (Å²) in [4.78, 5) is 37.1. The molecule has 3 rings (SSSR count). The summed E-state index contributed by atoms with van der Waals surface area (Å²) in [6.45, 7) is 2.61. The lowest BCUT2D eigenvalue weighted by atomic mass is 9.99. The Bertz CT molecular complexity index is 944. The maximum atomic E-state index is 13.1. The van der Waals surface area contributed by atoms with E-state index in [0.717, 1.165) is 17.0 Å². The number of anilines is 1. The van der Waals surface area contributed by atoms with Crippen molar-refractivity contribution in [1.29, 1.82) is 0 Å². The third-order valence-corrected chi connectivity index (χ3v) is 4.00.